The molecule has 0 aromatic heterocycles. The van der Waals surface area contributed by atoms with Crippen LogP contribution in [0.5, 0.6) is 0 Å². The Morgan fingerprint density at radius 2 is 2.23 bits per heavy atom. The van der Waals surface area contributed by atoms with Crippen molar-refractivity contribution in [2.75, 3.05) is 26.7 Å². The number of rotatable bonds is 4. The number of carbonyl (C=O) groups excluding carboxylic acids is 1. The van der Waals surface area contributed by atoms with Crippen molar-refractivity contribution in [2.45, 2.75) is 25.2 Å². The Kier molecular flexibility index (Phi) is 4.96. The Balaban J connectivity index is 1.64. The van der Waals surface area contributed by atoms with Gasteiger partial charge in [-0.05, 0) is 56.3 Å². The molecule has 1 aliphatic carbocycles. The Labute approximate surface area is 142 Å². The van der Waals surface area contributed by atoms with Crippen LogP contribution in [0.15, 0.2) is 18.2 Å². The third-order valence-corrected chi connectivity index (χ3v) is 5.65. The Hall–Kier alpha value is -0.770. The van der Waals surface area contributed by atoms with E-state index in [4.69, 9.17) is 23.2 Å². The van der Waals surface area contributed by atoms with Gasteiger partial charge in [-0.25, -0.2) is 0 Å². The number of nitrogens with zero attached hydrogens (tertiary/aromatic N) is 1. The summed E-state index contributed by atoms with van der Waals surface area (Å²) in [6.07, 6.45) is 3.21. The fourth-order valence-corrected chi connectivity index (χ4v) is 4.02. The van der Waals surface area contributed by atoms with Gasteiger partial charge in [0.25, 0.3) is 0 Å². The summed E-state index contributed by atoms with van der Waals surface area (Å²) in [6, 6.07) is 5.69. The van der Waals surface area contributed by atoms with E-state index in [0.29, 0.717) is 21.9 Å². The van der Waals surface area contributed by atoms with Crippen LogP contribution in [0, 0.1) is 11.8 Å². The molecular weight excluding hydrogens is 319 g/mol. The first kappa shape index (κ1) is 16.1. The monoisotopic (exact) mass is 340 g/mol. The molecule has 1 N–H and O–H groups in total. The summed E-state index contributed by atoms with van der Waals surface area (Å²) in [6.45, 7) is 2.76. The third kappa shape index (κ3) is 3.27. The molecular formula is C17H22Cl2N2O. The molecule has 0 unspecified atom stereocenters. The fourth-order valence-electron chi connectivity index (χ4n) is 3.57. The molecule has 3 atom stereocenters. The van der Waals surface area contributed by atoms with Crippen LogP contribution in [0.3, 0.4) is 0 Å². The molecule has 3 nitrogen and oxygen atoms in total. The molecule has 1 saturated heterocycles. The molecule has 22 heavy (non-hydrogen) atoms. The lowest BCUT2D eigenvalue weighted by Crippen LogP contribution is -2.43. The summed E-state index contributed by atoms with van der Waals surface area (Å²) in [7, 11) is 1.97. The Bertz CT molecular complexity index is 562. The van der Waals surface area contributed by atoms with Gasteiger partial charge in [0.05, 0.1) is 10.0 Å². The first-order valence-corrected chi connectivity index (χ1v) is 8.74. The molecule has 5 heteroatoms. The average molecular weight is 341 g/mol. The van der Waals surface area contributed by atoms with Gasteiger partial charge in [0.15, 0.2) is 0 Å². The minimum Gasteiger partial charge on any atom is -0.342 e. The van der Waals surface area contributed by atoms with E-state index in [1.807, 2.05) is 19.2 Å². The van der Waals surface area contributed by atoms with E-state index in [9.17, 15) is 4.79 Å². The highest BCUT2D eigenvalue weighted by Gasteiger charge is 2.47. The van der Waals surface area contributed by atoms with Gasteiger partial charge >= 0.3 is 0 Å². The average Bonchev–Trinajstić information content (AvgIpc) is 3.30. The second-order valence-corrected chi connectivity index (χ2v) is 7.23. The smallest absolute Gasteiger partial charge is 0.226 e. The number of piperidine rings is 1. The van der Waals surface area contributed by atoms with Crippen LogP contribution in [-0.4, -0.2) is 37.5 Å². The van der Waals surface area contributed by atoms with Crippen LogP contribution in [0.2, 0.25) is 10.0 Å². The van der Waals surface area contributed by atoms with Crippen LogP contribution in [0.25, 0.3) is 0 Å². The zero-order valence-electron chi connectivity index (χ0n) is 12.8. The van der Waals surface area contributed by atoms with Crippen molar-refractivity contribution in [1.82, 2.24) is 10.2 Å². The highest BCUT2D eigenvalue weighted by molar-refractivity contribution is 6.42. The second-order valence-electron chi connectivity index (χ2n) is 6.44. The topological polar surface area (TPSA) is 32.3 Å². The molecule has 1 aromatic carbocycles. The molecule has 1 saturated carbocycles. The lowest BCUT2D eigenvalue weighted by molar-refractivity contribution is -0.134. The summed E-state index contributed by atoms with van der Waals surface area (Å²) in [5.41, 5.74) is 1.02. The largest absolute Gasteiger partial charge is 0.342 e. The molecule has 1 aromatic rings. The second kappa shape index (κ2) is 6.77. The van der Waals surface area contributed by atoms with Crippen molar-refractivity contribution in [3.8, 4) is 0 Å². The zero-order valence-corrected chi connectivity index (χ0v) is 14.3. The molecule has 0 bridgehead atoms. The van der Waals surface area contributed by atoms with Gasteiger partial charge in [-0.2, -0.15) is 0 Å². The normalized spacial score (nSPS) is 27.8. The predicted molar refractivity (Wildman–Crippen MR) is 90.5 cm³/mol. The minimum atomic E-state index is 0.0873. The number of benzene rings is 1. The lowest BCUT2D eigenvalue weighted by Gasteiger charge is -2.33. The summed E-state index contributed by atoms with van der Waals surface area (Å²) >= 11 is 12.4. The first-order valence-electron chi connectivity index (χ1n) is 7.99. The van der Waals surface area contributed by atoms with Gasteiger partial charge in [-0.15, -0.1) is 0 Å². The van der Waals surface area contributed by atoms with Crippen molar-refractivity contribution >= 4 is 29.1 Å². The van der Waals surface area contributed by atoms with Crippen LogP contribution in [0.4, 0.5) is 0 Å². The third-order valence-electron chi connectivity index (χ3n) is 4.81. The molecule has 2 aliphatic rings. The first-order chi connectivity index (χ1) is 10.6. The molecule has 2 fully saturated rings. The van der Waals surface area contributed by atoms with Crippen LogP contribution in [-0.2, 0) is 4.79 Å². The lowest BCUT2D eigenvalue weighted by atomic mass is 9.97. The standard InChI is InChI=1S/C17H22Cl2N2O/c1-20-9-11-4-3-7-21(10-11)17(22)14-8-13(14)12-5-2-6-15(18)16(12)19/h2,5-6,11,13-14,20H,3-4,7-10H2,1H3/t11-,13-,14+/m0/s1. The molecule has 1 amide bonds. The number of likely N-dealkylation sites (tertiary alicyclic amines) is 1. The molecule has 3 rings (SSSR count). The van der Waals surface area contributed by atoms with Crippen LogP contribution >= 0.6 is 23.2 Å². The number of hydrogen-bond acceptors (Lipinski definition) is 2. The van der Waals surface area contributed by atoms with E-state index >= 15 is 0 Å². The van der Waals surface area contributed by atoms with Crippen molar-refractivity contribution < 1.29 is 4.79 Å². The minimum absolute atomic E-state index is 0.0873. The summed E-state index contributed by atoms with van der Waals surface area (Å²) < 4.78 is 0. The van der Waals surface area contributed by atoms with E-state index in [-0.39, 0.29) is 11.8 Å². The van der Waals surface area contributed by atoms with Gasteiger partial charge < -0.3 is 10.2 Å². The maximum Gasteiger partial charge on any atom is 0.226 e. The van der Waals surface area contributed by atoms with E-state index in [1.165, 1.54) is 6.42 Å². The van der Waals surface area contributed by atoms with E-state index in [2.05, 4.69) is 10.2 Å². The number of amides is 1. The predicted octanol–water partition coefficient (Wildman–Crippen LogP) is 3.55. The van der Waals surface area contributed by atoms with Crippen molar-refractivity contribution in [1.29, 1.82) is 0 Å². The zero-order chi connectivity index (χ0) is 15.7. The number of carbonyl (C=O) groups is 1. The van der Waals surface area contributed by atoms with Crippen LogP contribution < -0.4 is 5.32 Å². The fraction of sp³-hybridized carbons (Fsp3) is 0.588. The van der Waals surface area contributed by atoms with Crippen molar-refractivity contribution in [2.24, 2.45) is 11.8 Å². The number of halogens is 2. The van der Waals surface area contributed by atoms with Gasteiger partial charge in [-0.1, -0.05) is 35.3 Å². The van der Waals surface area contributed by atoms with E-state index < -0.39 is 0 Å². The summed E-state index contributed by atoms with van der Waals surface area (Å²) in [4.78, 5) is 14.8. The molecule has 0 spiro atoms. The SMILES string of the molecule is CNC[C@@H]1CCCN(C(=O)[C@@H]2C[C@H]2c2cccc(Cl)c2Cl)C1. The highest BCUT2D eigenvalue weighted by Crippen LogP contribution is 2.51. The molecule has 0 radical (unpaired) electrons. The van der Waals surface area contributed by atoms with E-state index in [1.54, 1.807) is 6.07 Å². The van der Waals surface area contributed by atoms with Crippen molar-refractivity contribution in [3.63, 3.8) is 0 Å². The maximum absolute atomic E-state index is 12.7. The number of nitrogens with one attached hydrogen (secondary N) is 1. The highest BCUT2D eigenvalue weighted by atomic mass is 35.5. The van der Waals surface area contributed by atoms with E-state index in [0.717, 1.165) is 38.0 Å². The molecule has 1 aliphatic heterocycles. The summed E-state index contributed by atoms with van der Waals surface area (Å²) in [5, 5.41) is 4.40. The van der Waals surface area contributed by atoms with Crippen LogP contribution in [0.1, 0.15) is 30.7 Å². The van der Waals surface area contributed by atoms with Gasteiger partial charge in [0, 0.05) is 19.0 Å². The van der Waals surface area contributed by atoms with Gasteiger partial charge in [-0.3, -0.25) is 4.79 Å². The van der Waals surface area contributed by atoms with Crippen molar-refractivity contribution in [3.05, 3.63) is 33.8 Å². The van der Waals surface area contributed by atoms with Gasteiger partial charge in [0.1, 0.15) is 0 Å². The molecule has 120 valence electrons. The Morgan fingerprint density at radius 3 is 3.00 bits per heavy atom. The summed E-state index contributed by atoms with van der Waals surface area (Å²) in [5.74, 6) is 1.20. The number of hydrogen-bond donors (Lipinski definition) is 1. The quantitative estimate of drug-likeness (QED) is 0.908. The maximum atomic E-state index is 12.7. The molecule has 1 heterocycles. The Morgan fingerprint density at radius 1 is 1.41 bits per heavy atom. The van der Waals surface area contributed by atoms with Gasteiger partial charge in [0.2, 0.25) is 5.91 Å².